The molecule has 100 valence electrons. The van der Waals surface area contributed by atoms with Crippen LogP contribution in [0, 0.1) is 5.92 Å². The van der Waals surface area contributed by atoms with Gasteiger partial charge in [-0.3, -0.25) is 0 Å². The largest absolute Gasteiger partial charge is 0.375 e. The van der Waals surface area contributed by atoms with Gasteiger partial charge >= 0.3 is 0 Å². The van der Waals surface area contributed by atoms with Crippen LogP contribution in [0.15, 0.2) is 0 Å². The van der Waals surface area contributed by atoms with Crippen molar-refractivity contribution in [3.63, 3.8) is 0 Å². The zero-order valence-corrected chi connectivity index (χ0v) is 11.2. The molecule has 17 heavy (non-hydrogen) atoms. The summed E-state index contributed by atoms with van der Waals surface area (Å²) in [6, 6.07) is 0. The van der Waals surface area contributed by atoms with Gasteiger partial charge in [-0.2, -0.15) is 0 Å². The minimum absolute atomic E-state index is 0.516. The number of nitrogens with zero attached hydrogens (tertiary/aromatic N) is 1. The van der Waals surface area contributed by atoms with Gasteiger partial charge in [-0.15, -0.1) is 0 Å². The van der Waals surface area contributed by atoms with Crippen molar-refractivity contribution < 1.29 is 4.74 Å². The Labute approximate surface area is 106 Å². The molecule has 0 aromatic rings. The molecule has 2 N–H and O–H groups in total. The molecule has 2 fully saturated rings. The fourth-order valence-corrected chi connectivity index (χ4v) is 3.09. The van der Waals surface area contributed by atoms with Crippen molar-refractivity contribution >= 4 is 0 Å². The van der Waals surface area contributed by atoms with Crippen LogP contribution in [0.5, 0.6) is 0 Å². The maximum absolute atomic E-state index is 6.25. The van der Waals surface area contributed by atoms with Gasteiger partial charge in [0.05, 0.1) is 12.2 Å². The zero-order chi connectivity index (χ0) is 12.1. The average molecular weight is 240 g/mol. The highest BCUT2D eigenvalue weighted by Gasteiger charge is 2.25. The van der Waals surface area contributed by atoms with Crippen LogP contribution in [0.4, 0.5) is 0 Å². The molecular formula is C14H28N2O. The third kappa shape index (κ3) is 4.23. The molecular weight excluding hydrogens is 212 g/mol. The maximum Gasteiger partial charge on any atom is 0.0603 e. The number of hydrogen-bond donors (Lipinski definition) is 1. The highest BCUT2D eigenvalue weighted by molar-refractivity contribution is 4.76. The molecule has 1 aliphatic carbocycles. The van der Waals surface area contributed by atoms with Gasteiger partial charge in [0.25, 0.3) is 0 Å². The minimum Gasteiger partial charge on any atom is -0.375 e. The van der Waals surface area contributed by atoms with E-state index < -0.39 is 0 Å². The second kappa shape index (κ2) is 6.72. The first-order chi connectivity index (χ1) is 8.28. The summed E-state index contributed by atoms with van der Waals surface area (Å²) in [6.45, 7) is 6.54. The molecule has 3 heteroatoms. The summed E-state index contributed by atoms with van der Waals surface area (Å²) in [4.78, 5) is 2.46. The van der Waals surface area contributed by atoms with E-state index in [1.807, 2.05) is 0 Å². The Balaban J connectivity index is 1.64. The molecule has 1 saturated carbocycles. The summed E-state index contributed by atoms with van der Waals surface area (Å²) in [5.41, 5.74) is 5.58. The number of nitrogens with two attached hydrogens (primary N) is 1. The van der Waals surface area contributed by atoms with Gasteiger partial charge in [-0.05, 0) is 44.4 Å². The van der Waals surface area contributed by atoms with E-state index in [2.05, 4.69) is 11.8 Å². The number of piperidine rings is 1. The topological polar surface area (TPSA) is 38.5 Å². The van der Waals surface area contributed by atoms with E-state index in [1.165, 1.54) is 51.6 Å². The molecule has 1 heterocycles. The third-order valence-electron chi connectivity index (χ3n) is 4.33. The summed E-state index contributed by atoms with van der Waals surface area (Å²) in [5.74, 6) is 0.918. The van der Waals surface area contributed by atoms with Gasteiger partial charge in [0.15, 0.2) is 0 Å². The van der Waals surface area contributed by atoms with Crippen LogP contribution in [0.25, 0.3) is 0 Å². The van der Waals surface area contributed by atoms with Crippen LogP contribution in [0.2, 0.25) is 0 Å². The lowest BCUT2D eigenvalue weighted by Crippen LogP contribution is -2.41. The molecule has 2 aliphatic rings. The van der Waals surface area contributed by atoms with Gasteiger partial charge < -0.3 is 15.4 Å². The van der Waals surface area contributed by atoms with E-state index in [0.29, 0.717) is 12.2 Å². The molecule has 0 aromatic heterocycles. The van der Waals surface area contributed by atoms with Crippen molar-refractivity contribution in [1.82, 2.24) is 4.90 Å². The van der Waals surface area contributed by atoms with Crippen molar-refractivity contribution in [2.24, 2.45) is 11.7 Å². The predicted octanol–water partition coefficient (Wildman–Crippen LogP) is 2.00. The van der Waals surface area contributed by atoms with Crippen molar-refractivity contribution in [2.45, 2.75) is 57.7 Å². The Morgan fingerprint density at radius 3 is 2.18 bits per heavy atom. The van der Waals surface area contributed by atoms with E-state index >= 15 is 0 Å². The van der Waals surface area contributed by atoms with Gasteiger partial charge in [0.2, 0.25) is 0 Å². The molecule has 1 aliphatic heterocycles. The Morgan fingerprint density at radius 2 is 1.59 bits per heavy atom. The van der Waals surface area contributed by atoms with E-state index in [9.17, 15) is 0 Å². The van der Waals surface area contributed by atoms with E-state index in [0.717, 1.165) is 19.0 Å². The normalized spacial score (nSPS) is 32.8. The first-order valence-electron chi connectivity index (χ1n) is 7.36. The van der Waals surface area contributed by atoms with Gasteiger partial charge in [0, 0.05) is 26.2 Å². The first-order valence-corrected chi connectivity index (χ1v) is 7.36. The highest BCUT2D eigenvalue weighted by Crippen LogP contribution is 2.28. The molecule has 0 unspecified atom stereocenters. The first kappa shape index (κ1) is 13.3. The fraction of sp³-hybridized carbons (Fsp3) is 1.00. The smallest absolute Gasteiger partial charge is 0.0603 e. The second-order valence-corrected chi connectivity index (χ2v) is 5.85. The Morgan fingerprint density at radius 1 is 1.00 bits per heavy atom. The zero-order valence-electron chi connectivity index (χ0n) is 11.2. The van der Waals surface area contributed by atoms with Crippen molar-refractivity contribution in [3.8, 4) is 0 Å². The SMILES string of the molecule is CC1CCC(OC2CCN(CCN)CC2)CC1. The van der Waals surface area contributed by atoms with Crippen LogP contribution in [-0.4, -0.2) is 43.3 Å². The predicted molar refractivity (Wildman–Crippen MR) is 71.0 cm³/mol. The van der Waals surface area contributed by atoms with Crippen LogP contribution >= 0.6 is 0 Å². The summed E-state index contributed by atoms with van der Waals surface area (Å²) in [6.07, 6.45) is 8.75. The Bertz CT molecular complexity index is 206. The van der Waals surface area contributed by atoms with Crippen molar-refractivity contribution in [2.75, 3.05) is 26.2 Å². The Kier molecular flexibility index (Phi) is 5.26. The lowest BCUT2D eigenvalue weighted by molar-refractivity contribution is -0.0596. The van der Waals surface area contributed by atoms with Gasteiger partial charge in [0.1, 0.15) is 0 Å². The maximum atomic E-state index is 6.25. The van der Waals surface area contributed by atoms with Gasteiger partial charge in [-0.25, -0.2) is 0 Å². The molecule has 0 aromatic carbocycles. The molecule has 0 bridgehead atoms. The average Bonchev–Trinajstić information content (AvgIpc) is 2.35. The lowest BCUT2D eigenvalue weighted by atomic mass is 9.88. The number of hydrogen-bond acceptors (Lipinski definition) is 3. The molecule has 0 atom stereocenters. The number of ether oxygens (including phenoxy) is 1. The highest BCUT2D eigenvalue weighted by atomic mass is 16.5. The summed E-state index contributed by atoms with van der Waals surface area (Å²) in [7, 11) is 0. The minimum atomic E-state index is 0.516. The molecule has 2 rings (SSSR count). The molecule has 3 nitrogen and oxygen atoms in total. The third-order valence-corrected chi connectivity index (χ3v) is 4.33. The van der Waals surface area contributed by atoms with Crippen LogP contribution in [0.1, 0.15) is 45.4 Å². The van der Waals surface area contributed by atoms with Crippen molar-refractivity contribution in [3.05, 3.63) is 0 Å². The standard InChI is InChI=1S/C14H28N2O/c1-12-2-4-13(5-3-12)17-14-6-9-16(10-7-14)11-8-15/h12-14H,2-11,15H2,1H3. The van der Waals surface area contributed by atoms with E-state index in [4.69, 9.17) is 10.5 Å². The van der Waals surface area contributed by atoms with Crippen LogP contribution < -0.4 is 5.73 Å². The van der Waals surface area contributed by atoms with Crippen molar-refractivity contribution in [1.29, 1.82) is 0 Å². The molecule has 0 radical (unpaired) electrons. The summed E-state index contributed by atoms with van der Waals surface area (Å²) < 4.78 is 6.25. The Hall–Kier alpha value is -0.120. The second-order valence-electron chi connectivity index (χ2n) is 5.85. The monoisotopic (exact) mass is 240 g/mol. The van der Waals surface area contributed by atoms with E-state index in [-0.39, 0.29) is 0 Å². The summed E-state index contributed by atoms with van der Waals surface area (Å²) >= 11 is 0. The molecule has 0 spiro atoms. The molecule has 0 amide bonds. The fourth-order valence-electron chi connectivity index (χ4n) is 3.09. The molecule has 1 saturated heterocycles. The quantitative estimate of drug-likeness (QED) is 0.817. The van der Waals surface area contributed by atoms with E-state index in [1.54, 1.807) is 0 Å². The number of rotatable bonds is 4. The number of likely N-dealkylation sites (tertiary alicyclic amines) is 1. The lowest BCUT2D eigenvalue weighted by Gasteiger charge is -2.35. The van der Waals surface area contributed by atoms with Crippen LogP contribution in [0.3, 0.4) is 0 Å². The van der Waals surface area contributed by atoms with Gasteiger partial charge in [-0.1, -0.05) is 6.92 Å². The summed E-state index contributed by atoms with van der Waals surface area (Å²) in [5, 5.41) is 0. The van der Waals surface area contributed by atoms with Crippen LogP contribution in [-0.2, 0) is 4.74 Å².